The van der Waals surface area contributed by atoms with Crippen molar-refractivity contribution < 1.29 is 19.5 Å². The fourth-order valence-corrected chi connectivity index (χ4v) is 4.64. The highest BCUT2D eigenvalue weighted by Crippen LogP contribution is 2.40. The third-order valence-corrected chi connectivity index (χ3v) is 6.17. The number of anilines is 1. The average Bonchev–Trinajstić information content (AvgIpc) is 3.34. The van der Waals surface area contributed by atoms with Crippen LogP contribution >= 0.6 is 11.3 Å². The first-order valence-electron chi connectivity index (χ1n) is 10.8. The van der Waals surface area contributed by atoms with Crippen molar-refractivity contribution in [2.24, 2.45) is 5.73 Å². The topological polar surface area (TPSA) is 127 Å². The number of hydrogen-bond acceptors (Lipinski definition) is 7. The van der Waals surface area contributed by atoms with E-state index in [0.29, 0.717) is 5.13 Å². The van der Waals surface area contributed by atoms with E-state index in [1.807, 2.05) is 91.0 Å². The van der Waals surface area contributed by atoms with Crippen molar-refractivity contribution in [3.63, 3.8) is 0 Å². The molecule has 35 heavy (non-hydrogen) atoms. The Balaban J connectivity index is 1.77. The SMILES string of the molecule is NC(=O)CONC(C(=O)O)c1csc(NC(c2ccccc2)(c2ccccc2)c2ccccc2)n1. The summed E-state index contributed by atoms with van der Waals surface area (Å²) in [6.45, 7) is -0.460. The lowest BCUT2D eigenvalue weighted by Gasteiger charge is -2.36. The Kier molecular flexibility index (Phi) is 7.51. The molecule has 0 aliphatic carbocycles. The van der Waals surface area contributed by atoms with Gasteiger partial charge in [0.25, 0.3) is 0 Å². The molecular formula is C26H24N4O4S. The lowest BCUT2D eigenvalue weighted by Crippen LogP contribution is -2.38. The fourth-order valence-electron chi connectivity index (χ4n) is 3.85. The number of carbonyl (C=O) groups excluding carboxylic acids is 1. The zero-order chi connectivity index (χ0) is 24.7. The molecule has 1 amide bonds. The first-order valence-corrected chi connectivity index (χ1v) is 11.7. The number of carboxylic acid groups (broad SMARTS) is 1. The fraction of sp³-hybridized carbons (Fsp3) is 0.115. The van der Waals surface area contributed by atoms with Crippen LogP contribution in [0, 0.1) is 0 Å². The van der Waals surface area contributed by atoms with Gasteiger partial charge in [0.1, 0.15) is 12.1 Å². The van der Waals surface area contributed by atoms with Gasteiger partial charge in [-0.05, 0) is 16.7 Å². The van der Waals surface area contributed by atoms with Crippen molar-refractivity contribution in [2.75, 3.05) is 11.9 Å². The minimum absolute atomic E-state index is 0.234. The van der Waals surface area contributed by atoms with Gasteiger partial charge in [-0.3, -0.25) is 14.4 Å². The van der Waals surface area contributed by atoms with Crippen molar-refractivity contribution in [3.05, 3.63) is 119 Å². The summed E-state index contributed by atoms with van der Waals surface area (Å²) < 4.78 is 0. The quantitative estimate of drug-likeness (QED) is 0.187. The molecule has 0 radical (unpaired) electrons. The molecule has 178 valence electrons. The van der Waals surface area contributed by atoms with Gasteiger partial charge in [0.15, 0.2) is 11.2 Å². The van der Waals surface area contributed by atoms with E-state index in [0.717, 1.165) is 16.7 Å². The molecule has 1 heterocycles. The second kappa shape index (κ2) is 10.9. The number of hydroxylamine groups is 1. The van der Waals surface area contributed by atoms with Crippen LogP contribution in [0.15, 0.2) is 96.4 Å². The van der Waals surface area contributed by atoms with E-state index in [-0.39, 0.29) is 5.69 Å². The number of carboxylic acids is 1. The van der Waals surface area contributed by atoms with Gasteiger partial charge in [-0.15, -0.1) is 11.3 Å². The molecule has 5 N–H and O–H groups in total. The van der Waals surface area contributed by atoms with Gasteiger partial charge in [0.2, 0.25) is 5.91 Å². The number of primary amides is 1. The highest BCUT2D eigenvalue weighted by molar-refractivity contribution is 7.13. The number of aliphatic carboxylic acids is 1. The molecule has 1 atom stereocenters. The number of hydrogen-bond donors (Lipinski definition) is 4. The second-order valence-corrected chi connectivity index (χ2v) is 8.55. The average molecular weight is 489 g/mol. The number of carbonyl (C=O) groups is 2. The van der Waals surface area contributed by atoms with E-state index in [1.54, 1.807) is 5.38 Å². The Morgan fingerprint density at radius 3 is 1.83 bits per heavy atom. The van der Waals surface area contributed by atoms with E-state index in [9.17, 15) is 14.7 Å². The molecule has 1 aromatic heterocycles. The van der Waals surface area contributed by atoms with Crippen LogP contribution in [-0.4, -0.2) is 28.6 Å². The van der Waals surface area contributed by atoms with Crippen molar-refractivity contribution >= 4 is 28.3 Å². The van der Waals surface area contributed by atoms with Crippen LogP contribution in [0.5, 0.6) is 0 Å². The molecule has 0 bridgehead atoms. The summed E-state index contributed by atoms with van der Waals surface area (Å²) in [5.74, 6) is -1.92. The van der Waals surface area contributed by atoms with Crippen LogP contribution in [0.3, 0.4) is 0 Å². The molecule has 8 nitrogen and oxygen atoms in total. The van der Waals surface area contributed by atoms with Gasteiger partial charge in [-0.25, -0.2) is 4.98 Å². The number of aromatic nitrogens is 1. The molecule has 1 unspecified atom stereocenters. The highest BCUT2D eigenvalue weighted by Gasteiger charge is 2.37. The summed E-state index contributed by atoms with van der Waals surface area (Å²) in [4.78, 5) is 32.2. The van der Waals surface area contributed by atoms with Gasteiger partial charge >= 0.3 is 5.97 Å². The van der Waals surface area contributed by atoms with Crippen LogP contribution in [0.2, 0.25) is 0 Å². The minimum Gasteiger partial charge on any atom is -0.480 e. The lowest BCUT2D eigenvalue weighted by atomic mass is 9.77. The highest BCUT2D eigenvalue weighted by atomic mass is 32.1. The maximum absolute atomic E-state index is 11.8. The van der Waals surface area contributed by atoms with Gasteiger partial charge < -0.3 is 16.2 Å². The monoisotopic (exact) mass is 488 g/mol. The third-order valence-electron chi connectivity index (χ3n) is 5.40. The number of nitrogens with one attached hydrogen (secondary N) is 2. The molecule has 4 aromatic rings. The zero-order valence-corrected chi connectivity index (χ0v) is 19.4. The summed E-state index contributed by atoms with van der Waals surface area (Å²) in [5, 5.41) is 15.4. The molecule has 9 heteroatoms. The van der Waals surface area contributed by atoms with Gasteiger partial charge in [0, 0.05) is 5.38 Å². The van der Waals surface area contributed by atoms with Crippen molar-refractivity contribution in [3.8, 4) is 0 Å². The normalized spacial score (nSPS) is 12.1. The largest absolute Gasteiger partial charge is 0.480 e. The number of benzene rings is 3. The molecule has 0 spiro atoms. The Morgan fingerprint density at radius 2 is 1.40 bits per heavy atom. The number of rotatable bonds is 11. The summed E-state index contributed by atoms with van der Waals surface area (Å²) in [7, 11) is 0. The summed E-state index contributed by atoms with van der Waals surface area (Å²) >= 11 is 1.27. The standard InChI is InChI=1S/C26H24N4O4S/c27-22(31)16-34-30-23(24(32)33)21-17-35-25(28-21)29-26(18-10-4-1-5-11-18,19-12-6-2-7-13-19)20-14-8-3-9-15-20/h1-15,17,23,30H,16H2,(H2,27,31)(H,28,29)(H,32,33). The lowest BCUT2D eigenvalue weighted by molar-refractivity contribution is -0.146. The third kappa shape index (κ3) is 5.38. The summed E-state index contributed by atoms with van der Waals surface area (Å²) in [6, 6.07) is 28.7. The number of nitrogens with zero attached hydrogens (tertiary/aromatic N) is 1. The number of amides is 1. The van der Waals surface area contributed by atoms with Gasteiger partial charge in [-0.2, -0.15) is 5.48 Å². The van der Waals surface area contributed by atoms with Gasteiger partial charge in [-0.1, -0.05) is 91.0 Å². The summed E-state index contributed by atoms with van der Waals surface area (Å²) in [6.07, 6.45) is 0. The predicted octanol–water partition coefficient (Wildman–Crippen LogP) is 3.68. The van der Waals surface area contributed by atoms with Crippen molar-refractivity contribution in [1.29, 1.82) is 0 Å². The molecule has 0 fully saturated rings. The van der Waals surface area contributed by atoms with E-state index >= 15 is 0 Å². The zero-order valence-electron chi connectivity index (χ0n) is 18.6. The molecule has 0 saturated heterocycles. The van der Waals surface area contributed by atoms with E-state index in [2.05, 4.69) is 15.8 Å². The maximum atomic E-state index is 11.8. The molecule has 0 saturated carbocycles. The van der Waals surface area contributed by atoms with Crippen LogP contribution in [-0.2, 0) is 20.0 Å². The van der Waals surface area contributed by atoms with Crippen LogP contribution in [0.4, 0.5) is 5.13 Å². The van der Waals surface area contributed by atoms with Crippen LogP contribution in [0.25, 0.3) is 0 Å². The van der Waals surface area contributed by atoms with Crippen LogP contribution in [0.1, 0.15) is 28.4 Å². The predicted molar refractivity (Wildman–Crippen MR) is 134 cm³/mol. The maximum Gasteiger partial charge on any atom is 0.329 e. The smallest absolute Gasteiger partial charge is 0.329 e. The number of nitrogens with two attached hydrogens (primary N) is 1. The molecule has 3 aromatic carbocycles. The van der Waals surface area contributed by atoms with Crippen LogP contribution < -0.4 is 16.5 Å². The van der Waals surface area contributed by atoms with Gasteiger partial charge in [0.05, 0.1) is 5.69 Å². The Bertz CT molecular complexity index is 1170. The first-order chi connectivity index (χ1) is 17.0. The first kappa shape index (κ1) is 24.1. The Hall–Kier alpha value is -4.05. The molecule has 4 rings (SSSR count). The molecular weight excluding hydrogens is 464 g/mol. The Labute approximate surface area is 206 Å². The Morgan fingerprint density at radius 1 is 0.914 bits per heavy atom. The van der Waals surface area contributed by atoms with Crippen molar-refractivity contribution in [2.45, 2.75) is 11.6 Å². The van der Waals surface area contributed by atoms with Crippen molar-refractivity contribution in [1.82, 2.24) is 10.5 Å². The summed E-state index contributed by atoms with van der Waals surface area (Å²) in [5.41, 5.74) is 9.83. The molecule has 0 aliphatic heterocycles. The number of thiazole rings is 1. The van der Waals surface area contributed by atoms with E-state index in [1.165, 1.54) is 11.3 Å². The minimum atomic E-state index is -1.28. The second-order valence-electron chi connectivity index (χ2n) is 7.69. The van der Waals surface area contributed by atoms with E-state index in [4.69, 9.17) is 10.6 Å². The van der Waals surface area contributed by atoms with E-state index < -0.39 is 30.1 Å². The molecule has 0 aliphatic rings.